The fourth-order valence-corrected chi connectivity index (χ4v) is 2.97. The molecule has 0 spiro atoms. The maximum Gasteiger partial charge on any atom is 0.230 e. The standard InChI is InChI=1S/C20H23N3O/c1-15-22-17-11-7-8-12-18(17)23(15)14-13-21-19(24)20(2,3)16-9-5-4-6-10-16/h4-12H,13-14H2,1-3H3,(H,21,24). The van der Waals surface area contributed by atoms with Crippen LogP contribution in [-0.4, -0.2) is 22.0 Å². The van der Waals surface area contributed by atoms with Crippen LogP contribution in [0.4, 0.5) is 0 Å². The van der Waals surface area contributed by atoms with E-state index in [1.54, 1.807) is 0 Å². The lowest BCUT2D eigenvalue weighted by molar-refractivity contribution is -0.125. The van der Waals surface area contributed by atoms with Crippen molar-refractivity contribution in [3.8, 4) is 0 Å². The van der Waals surface area contributed by atoms with Crippen LogP contribution in [0.5, 0.6) is 0 Å². The molecule has 2 aromatic carbocycles. The Morgan fingerprint density at radius 2 is 1.75 bits per heavy atom. The number of fused-ring (bicyclic) bond motifs is 1. The molecule has 0 radical (unpaired) electrons. The number of nitrogens with one attached hydrogen (secondary N) is 1. The summed E-state index contributed by atoms with van der Waals surface area (Å²) in [6.45, 7) is 7.19. The normalized spacial score (nSPS) is 11.6. The van der Waals surface area contributed by atoms with Gasteiger partial charge in [-0.2, -0.15) is 0 Å². The van der Waals surface area contributed by atoms with Gasteiger partial charge in [-0.3, -0.25) is 4.79 Å². The van der Waals surface area contributed by atoms with Gasteiger partial charge in [0.05, 0.1) is 16.4 Å². The third kappa shape index (κ3) is 3.04. The zero-order valence-corrected chi connectivity index (χ0v) is 14.4. The molecule has 4 nitrogen and oxygen atoms in total. The number of aryl methyl sites for hydroxylation is 1. The van der Waals surface area contributed by atoms with Crippen LogP contribution < -0.4 is 5.32 Å². The predicted molar refractivity (Wildman–Crippen MR) is 96.9 cm³/mol. The fraction of sp³-hybridized carbons (Fsp3) is 0.300. The van der Waals surface area contributed by atoms with E-state index in [0.717, 1.165) is 22.4 Å². The number of imidazole rings is 1. The van der Waals surface area contributed by atoms with Gasteiger partial charge in [-0.1, -0.05) is 42.5 Å². The number of hydrogen-bond acceptors (Lipinski definition) is 2. The number of para-hydroxylation sites is 2. The molecule has 3 aromatic rings. The molecule has 1 N–H and O–H groups in total. The van der Waals surface area contributed by atoms with Gasteiger partial charge in [0.15, 0.2) is 0 Å². The van der Waals surface area contributed by atoms with E-state index in [-0.39, 0.29) is 5.91 Å². The molecule has 0 aliphatic rings. The Morgan fingerprint density at radius 1 is 1.08 bits per heavy atom. The van der Waals surface area contributed by atoms with Gasteiger partial charge in [0, 0.05) is 13.1 Å². The third-order valence-corrected chi connectivity index (χ3v) is 4.53. The Bertz CT molecular complexity index is 850. The molecule has 1 heterocycles. The van der Waals surface area contributed by atoms with Gasteiger partial charge in [0.1, 0.15) is 5.82 Å². The Kier molecular flexibility index (Phi) is 4.38. The summed E-state index contributed by atoms with van der Waals surface area (Å²) in [7, 11) is 0. The van der Waals surface area contributed by atoms with Crippen LogP contribution in [0.3, 0.4) is 0 Å². The second-order valence-corrected chi connectivity index (χ2v) is 6.55. The summed E-state index contributed by atoms with van der Waals surface area (Å²) in [5.41, 5.74) is 2.57. The number of carbonyl (C=O) groups excluding carboxylic acids is 1. The minimum absolute atomic E-state index is 0.0378. The Labute approximate surface area is 142 Å². The number of nitrogens with zero attached hydrogens (tertiary/aromatic N) is 2. The van der Waals surface area contributed by atoms with Crippen LogP contribution in [-0.2, 0) is 16.8 Å². The zero-order chi connectivity index (χ0) is 17.2. The molecule has 0 atom stereocenters. The third-order valence-electron chi connectivity index (χ3n) is 4.53. The second kappa shape index (κ2) is 6.48. The molecule has 24 heavy (non-hydrogen) atoms. The van der Waals surface area contributed by atoms with Crippen LogP contribution in [0.2, 0.25) is 0 Å². The molecule has 4 heteroatoms. The molecule has 0 bridgehead atoms. The summed E-state index contributed by atoms with van der Waals surface area (Å²) >= 11 is 0. The highest BCUT2D eigenvalue weighted by atomic mass is 16.2. The van der Waals surface area contributed by atoms with E-state index in [0.29, 0.717) is 13.1 Å². The van der Waals surface area contributed by atoms with Crippen LogP contribution in [0.25, 0.3) is 11.0 Å². The molecule has 124 valence electrons. The van der Waals surface area contributed by atoms with Gasteiger partial charge in [-0.05, 0) is 38.5 Å². The van der Waals surface area contributed by atoms with Crippen LogP contribution >= 0.6 is 0 Å². The summed E-state index contributed by atoms with van der Waals surface area (Å²) in [5.74, 6) is 1.00. The van der Waals surface area contributed by atoms with E-state index in [1.807, 2.05) is 69.3 Å². The number of benzene rings is 2. The number of aromatic nitrogens is 2. The van der Waals surface area contributed by atoms with Gasteiger partial charge < -0.3 is 9.88 Å². The number of amides is 1. The van der Waals surface area contributed by atoms with Crippen molar-refractivity contribution in [1.82, 2.24) is 14.9 Å². The quantitative estimate of drug-likeness (QED) is 0.782. The average molecular weight is 321 g/mol. The smallest absolute Gasteiger partial charge is 0.230 e. The molecule has 1 amide bonds. The van der Waals surface area contributed by atoms with Crippen molar-refractivity contribution in [2.45, 2.75) is 32.7 Å². The van der Waals surface area contributed by atoms with Crippen LogP contribution in [0.1, 0.15) is 25.2 Å². The molecule has 3 rings (SSSR count). The number of carbonyl (C=O) groups is 1. The molecular weight excluding hydrogens is 298 g/mol. The highest BCUT2D eigenvalue weighted by Crippen LogP contribution is 2.23. The molecule has 0 saturated heterocycles. The van der Waals surface area contributed by atoms with Crippen LogP contribution in [0.15, 0.2) is 54.6 Å². The average Bonchev–Trinajstić information content (AvgIpc) is 2.91. The Hall–Kier alpha value is -2.62. The van der Waals surface area contributed by atoms with Gasteiger partial charge in [0.2, 0.25) is 5.91 Å². The maximum absolute atomic E-state index is 12.6. The van der Waals surface area contributed by atoms with Gasteiger partial charge in [-0.25, -0.2) is 4.98 Å². The van der Waals surface area contributed by atoms with Gasteiger partial charge in [0.25, 0.3) is 0 Å². The predicted octanol–water partition coefficient (Wildman–Crippen LogP) is 3.44. The lowest BCUT2D eigenvalue weighted by Gasteiger charge is -2.24. The lowest BCUT2D eigenvalue weighted by Crippen LogP contribution is -2.41. The Morgan fingerprint density at radius 3 is 2.50 bits per heavy atom. The SMILES string of the molecule is Cc1nc2ccccc2n1CCNC(=O)C(C)(C)c1ccccc1. The maximum atomic E-state index is 12.6. The first-order valence-electron chi connectivity index (χ1n) is 8.26. The van der Waals surface area contributed by atoms with Crippen LogP contribution in [0, 0.1) is 6.92 Å². The van der Waals surface area contributed by atoms with Gasteiger partial charge in [-0.15, -0.1) is 0 Å². The molecule has 0 aliphatic heterocycles. The topological polar surface area (TPSA) is 46.9 Å². The second-order valence-electron chi connectivity index (χ2n) is 6.55. The largest absolute Gasteiger partial charge is 0.354 e. The summed E-state index contributed by atoms with van der Waals surface area (Å²) in [6, 6.07) is 17.9. The van der Waals surface area contributed by atoms with E-state index in [1.165, 1.54) is 0 Å². The molecule has 0 aliphatic carbocycles. The Balaban J connectivity index is 1.68. The molecular formula is C20H23N3O. The monoisotopic (exact) mass is 321 g/mol. The minimum atomic E-state index is -0.548. The molecule has 0 fully saturated rings. The van der Waals surface area contributed by atoms with Gasteiger partial charge >= 0.3 is 0 Å². The van der Waals surface area contributed by atoms with Crippen molar-refractivity contribution >= 4 is 16.9 Å². The van der Waals surface area contributed by atoms with E-state index in [4.69, 9.17) is 0 Å². The summed E-state index contributed by atoms with van der Waals surface area (Å²) in [5, 5.41) is 3.06. The first-order chi connectivity index (χ1) is 11.5. The van der Waals surface area contributed by atoms with Crippen molar-refractivity contribution in [2.75, 3.05) is 6.54 Å². The zero-order valence-electron chi connectivity index (χ0n) is 14.4. The minimum Gasteiger partial charge on any atom is -0.354 e. The number of hydrogen-bond donors (Lipinski definition) is 1. The fourth-order valence-electron chi connectivity index (χ4n) is 2.97. The first-order valence-corrected chi connectivity index (χ1v) is 8.26. The van der Waals surface area contributed by atoms with Crippen molar-refractivity contribution in [3.63, 3.8) is 0 Å². The first kappa shape index (κ1) is 16.2. The summed E-state index contributed by atoms with van der Waals surface area (Å²) < 4.78 is 2.14. The van der Waals surface area contributed by atoms with E-state index in [2.05, 4.69) is 20.9 Å². The molecule has 0 saturated carbocycles. The van der Waals surface area contributed by atoms with Crippen molar-refractivity contribution < 1.29 is 4.79 Å². The summed E-state index contributed by atoms with van der Waals surface area (Å²) in [6.07, 6.45) is 0. The highest BCUT2D eigenvalue weighted by Gasteiger charge is 2.29. The van der Waals surface area contributed by atoms with Crippen molar-refractivity contribution in [3.05, 3.63) is 66.0 Å². The van der Waals surface area contributed by atoms with E-state index in [9.17, 15) is 4.79 Å². The summed E-state index contributed by atoms with van der Waals surface area (Å²) in [4.78, 5) is 17.2. The van der Waals surface area contributed by atoms with E-state index >= 15 is 0 Å². The molecule has 0 unspecified atom stereocenters. The van der Waals surface area contributed by atoms with Crippen molar-refractivity contribution in [1.29, 1.82) is 0 Å². The van der Waals surface area contributed by atoms with E-state index < -0.39 is 5.41 Å². The number of rotatable bonds is 5. The lowest BCUT2D eigenvalue weighted by atomic mass is 9.84. The van der Waals surface area contributed by atoms with Crippen molar-refractivity contribution in [2.24, 2.45) is 0 Å². The highest BCUT2D eigenvalue weighted by molar-refractivity contribution is 5.87. The molecule has 1 aromatic heterocycles.